The molecule has 0 radical (unpaired) electrons. The van der Waals surface area contributed by atoms with Crippen molar-refractivity contribution in [3.63, 3.8) is 0 Å². The first-order chi connectivity index (χ1) is 10.7. The molecule has 0 bridgehead atoms. The quantitative estimate of drug-likeness (QED) is 0.783. The Hall–Kier alpha value is -0.720. The van der Waals surface area contributed by atoms with Crippen LogP contribution in [0.2, 0.25) is 0 Å². The molecule has 2 N–H and O–H groups in total. The third-order valence-electron chi connectivity index (χ3n) is 5.51. The van der Waals surface area contributed by atoms with Crippen LogP contribution in [-0.2, 0) is 14.4 Å². The van der Waals surface area contributed by atoms with Crippen molar-refractivity contribution in [3.8, 4) is 0 Å². The van der Waals surface area contributed by atoms with Gasteiger partial charge in [0.25, 0.3) is 0 Å². The van der Waals surface area contributed by atoms with Crippen molar-refractivity contribution in [2.24, 2.45) is 17.8 Å². The molecule has 2 aliphatic carbocycles. The van der Waals surface area contributed by atoms with Crippen molar-refractivity contribution in [3.05, 3.63) is 0 Å². The first kappa shape index (κ1) is 16.1. The van der Waals surface area contributed by atoms with Crippen LogP contribution in [0.5, 0.6) is 0 Å². The van der Waals surface area contributed by atoms with Crippen LogP contribution in [0.3, 0.4) is 0 Å². The van der Waals surface area contributed by atoms with E-state index in [-0.39, 0.29) is 30.2 Å². The molecule has 0 aromatic rings. The number of carbonyl (C=O) groups is 1. The second-order valence-corrected chi connectivity index (χ2v) is 6.91. The normalized spacial score (nSPS) is 43.0. The minimum atomic E-state index is -0.777. The topological polar surface area (TPSA) is 59.6 Å². The molecule has 0 spiro atoms. The summed E-state index contributed by atoms with van der Waals surface area (Å²) in [5.41, 5.74) is 3.04. The van der Waals surface area contributed by atoms with Crippen LogP contribution in [0.1, 0.15) is 51.4 Å². The molecule has 6 unspecified atom stereocenters. The van der Waals surface area contributed by atoms with Gasteiger partial charge in [0.05, 0.1) is 19.2 Å². The van der Waals surface area contributed by atoms with E-state index in [0.29, 0.717) is 12.3 Å². The van der Waals surface area contributed by atoms with Gasteiger partial charge in [0.2, 0.25) is 0 Å². The number of esters is 1. The lowest BCUT2D eigenvalue weighted by Crippen LogP contribution is -2.46. The minimum absolute atomic E-state index is 0.00610. The fourth-order valence-corrected chi connectivity index (χ4v) is 4.20. The zero-order valence-corrected chi connectivity index (χ0v) is 13.2. The van der Waals surface area contributed by atoms with E-state index in [1.807, 2.05) is 0 Å². The highest BCUT2D eigenvalue weighted by molar-refractivity contribution is 5.72. The van der Waals surface area contributed by atoms with E-state index in [1.165, 1.54) is 7.11 Å². The summed E-state index contributed by atoms with van der Waals surface area (Å²) in [4.78, 5) is 17.4. The molecule has 6 heteroatoms. The van der Waals surface area contributed by atoms with Gasteiger partial charge in [-0.25, -0.2) is 4.39 Å². The lowest BCUT2D eigenvalue weighted by Gasteiger charge is -2.32. The monoisotopic (exact) mass is 314 g/mol. The first-order valence-electron chi connectivity index (χ1n) is 8.58. The summed E-state index contributed by atoms with van der Waals surface area (Å²) in [6, 6.07) is 0. The molecule has 0 aromatic carbocycles. The molecule has 3 fully saturated rings. The van der Waals surface area contributed by atoms with Crippen molar-refractivity contribution in [1.82, 2.24) is 10.8 Å². The molecule has 1 aliphatic heterocycles. The van der Waals surface area contributed by atoms with Crippen molar-refractivity contribution in [1.29, 1.82) is 0 Å². The predicted octanol–water partition coefficient (Wildman–Crippen LogP) is 2.27. The molecule has 3 aliphatic rings. The number of alkyl halides is 1. The molecule has 3 rings (SSSR count). The van der Waals surface area contributed by atoms with Gasteiger partial charge in [-0.2, -0.15) is 5.48 Å². The molecule has 0 aromatic heterocycles. The smallest absolute Gasteiger partial charge is 0.308 e. The molecule has 126 valence electrons. The van der Waals surface area contributed by atoms with Gasteiger partial charge >= 0.3 is 5.97 Å². The lowest BCUT2D eigenvalue weighted by molar-refractivity contribution is -0.147. The minimum Gasteiger partial charge on any atom is -0.469 e. The Balaban J connectivity index is 1.54. The summed E-state index contributed by atoms with van der Waals surface area (Å²) >= 11 is 0. The second-order valence-electron chi connectivity index (χ2n) is 6.91. The third-order valence-corrected chi connectivity index (χ3v) is 5.51. The van der Waals surface area contributed by atoms with Crippen LogP contribution < -0.4 is 10.8 Å². The Bertz CT molecular complexity index is 396. The summed E-state index contributed by atoms with van der Waals surface area (Å²) in [5, 5.41) is 3.41. The average molecular weight is 314 g/mol. The number of rotatable bonds is 3. The molecule has 22 heavy (non-hydrogen) atoms. The van der Waals surface area contributed by atoms with Crippen LogP contribution in [0.4, 0.5) is 4.39 Å². The van der Waals surface area contributed by atoms with Gasteiger partial charge in [0.15, 0.2) is 0 Å². The number of halogens is 1. The van der Waals surface area contributed by atoms with Gasteiger partial charge in [0, 0.05) is 5.92 Å². The number of methoxy groups -OCH3 is 1. The maximum absolute atomic E-state index is 14.1. The van der Waals surface area contributed by atoms with Crippen LogP contribution in [0.15, 0.2) is 0 Å². The van der Waals surface area contributed by atoms with Crippen molar-refractivity contribution < 1.29 is 18.8 Å². The highest BCUT2D eigenvalue weighted by Crippen LogP contribution is 2.35. The van der Waals surface area contributed by atoms with Crippen LogP contribution in [-0.4, -0.2) is 31.6 Å². The van der Waals surface area contributed by atoms with E-state index in [2.05, 4.69) is 10.8 Å². The highest BCUT2D eigenvalue weighted by atomic mass is 19.1. The van der Waals surface area contributed by atoms with Gasteiger partial charge in [-0.15, -0.1) is 0 Å². The maximum Gasteiger partial charge on any atom is 0.308 e. The Morgan fingerprint density at radius 2 is 2.00 bits per heavy atom. The van der Waals surface area contributed by atoms with E-state index in [0.717, 1.165) is 44.9 Å². The van der Waals surface area contributed by atoms with Crippen molar-refractivity contribution in [2.45, 2.75) is 69.9 Å². The number of ether oxygens (including phenoxy) is 1. The fraction of sp³-hybridized carbons (Fsp3) is 0.938. The molecule has 0 amide bonds. The average Bonchev–Trinajstić information content (AvgIpc) is 3.04. The Morgan fingerprint density at radius 3 is 2.77 bits per heavy atom. The second kappa shape index (κ2) is 7.23. The van der Waals surface area contributed by atoms with Gasteiger partial charge in [-0.3, -0.25) is 14.9 Å². The number of carbonyl (C=O) groups excluding carboxylic acids is 1. The van der Waals surface area contributed by atoms with Crippen LogP contribution >= 0.6 is 0 Å². The summed E-state index contributed by atoms with van der Waals surface area (Å²) in [6.07, 6.45) is 6.32. The number of hydrogen-bond acceptors (Lipinski definition) is 5. The maximum atomic E-state index is 14.1. The SMILES string of the molecule is COC(=O)C1CCCC(C2NOC(C3CCCCC3F)N2)C1. The van der Waals surface area contributed by atoms with Crippen molar-refractivity contribution in [2.75, 3.05) is 7.11 Å². The Morgan fingerprint density at radius 1 is 1.18 bits per heavy atom. The van der Waals surface area contributed by atoms with E-state index < -0.39 is 6.17 Å². The largest absolute Gasteiger partial charge is 0.469 e. The molecular formula is C16H27FN2O3. The lowest BCUT2D eigenvalue weighted by atomic mass is 9.79. The predicted molar refractivity (Wildman–Crippen MR) is 79.3 cm³/mol. The van der Waals surface area contributed by atoms with Crippen molar-refractivity contribution >= 4 is 5.97 Å². The standard InChI is InChI=1S/C16H27FN2O3/c1-21-16(20)11-6-4-5-10(9-11)14-18-15(22-19-14)12-7-2-3-8-13(12)17/h10-15,18-19H,2-9H2,1H3. The first-order valence-corrected chi connectivity index (χ1v) is 8.58. The fourth-order valence-electron chi connectivity index (χ4n) is 4.20. The Labute approximate surface area is 131 Å². The summed E-state index contributed by atoms with van der Waals surface area (Å²) < 4.78 is 18.9. The van der Waals surface area contributed by atoms with Gasteiger partial charge in [-0.1, -0.05) is 19.3 Å². The Kier molecular flexibility index (Phi) is 5.31. The number of hydroxylamine groups is 1. The molecule has 5 nitrogen and oxygen atoms in total. The van der Waals surface area contributed by atoms with Gasteiger partial charge < -0.3 is 4.74 Å². The number of nitrogens with one attached hydrogen (secondary N) is 2. The van der Waals surface area contributed by atoms with Crippen LogP contribution in [0.25, 0.3) is 0 Å². The third kappa shape index (κ3) is 3.44. The number of hydrogen-bond donors (Lipinski definition) is 2. The zero-order chi connectivity index (χ0) is 15.5. The highest BCUT2D eigenvalue weighted by Gasteiger charge is 2.41. The molecule has 6 atom stereocenters. The summed E-state index contributed by atoms with van der Waals surface area (Å²) in [5.74, 6) is 0.127. The summed E-state index contributed by atoms with van der Waals surface area (Å²) in [7, 11) is 1.45. The summed E-state index contributed by atoms with van der Waals surface area (Å²) in [6.45, 7) is 0. The van der Waals surface area contributed by atoms with Gasteiger partial charge in [0.1, 0.15) is 12.4 Å². The molecule has 1 saturated heterocycles. The van der Waals surface area contributed by atoms with E-state index in [4.69, 9.17) is 9.57 Å². The van der Waals surface area contributed by atoms with E-state index in [1.54, 1.807) is 0 Å². The van der Waals surface area contributed by atoms with E-state index >= 15 is 0 Å². The molecular weight excluding hydrogens is 287 g/mol. The molecule has 2 saturated carbocycles. The van der Waals surface area contributed by atoms with E-state index in [9.17, 15) is 9.18 Å². The van der Waals surface area contributed by atoms with Gasteiger partial charge in [-0.05, 0) is 38.0 Å². The zero-order valence-electron chi connectivity index (χ0n) is 13.2. The molecule has 1 heterocycles. The van der Waals surface area contributed by atoms with Crippen LogP contribution in [0, 0.1) is 17.8 Å².